The number of methoxy groups -OCH3 is 1. The first-order chi connectivity index (χ1) is 13.0. The van der Waals surface area contributed by atoms with Gasteiger partial charge in [0.05, 0.1) is 6.54 Å². The number of fused-ring (bicyclic) bond motifs is 2. The molecule has 1 saturated carbocycles. The number of nitrogens with one attached hydrogen (secondary N) is 1. The van der Waals surface area contributed by atoms with Gasteiger partial charge in [0.2, 0.25) is 0 Å². The Labute approximate surface area is 171 Å². The molecule has 1 amide bonds. The molecule has 2 bridgehead atoms. The number of nitrogens with two attached hydrogens (primary N) is 1. The number of piperidine rings is 1. The summed E-state index contributed by atoms with van der Waals surface area (Å²) in [5.74, 6) is 1.22. The molecule has 2 aromatic rings. The van der Waals surface area contributed by atoms with Gasteiger partial charge in [0.15, 0.2) is 0 Å². The lowest BCUT2D eigenvalue weighted by Gasteiger charge is -2.55. The number of aromatic amines is 1. The van der Waals surface area contributed by atoms with Gasteiger partial charge in [-0.25, -0.2) is 4.98 Å². The monoisotopic (exact) mass is 405 g/mol. The third-order valence-corrected chi connectivity index (χ3v) is 6.21. The van der Waals surface area contributed by atoms with E-state index in [9.17, 15) is 4.79 Å². The predicted molar refractivity (Wildman–Crippen MR) is 108 cm³/mol. The van der Waals surface area contributed by atoms with Crippen molar-refractivity contribution < 1.29 is 9.53 Å². The van der Waals surface area contributed by atoms with E-state index < -0.39 is 5.91 Å². The highest BCUT2D eigenvalue weighted by molar-refractivity contribution is 5.90. The minimum absolute atomic E-state index is 0. The molecule has 28 heavy (non-hydrogen) atoms. The molecule has 1 aliphatic heterocycles. The molecule has 2 fully saturated rings. The fourth-order valence-corrected chi connectivity index (χ4v) is 5.14. The highest BCUT2D eigenvalue weighted by atomic mass is 35.5. The van der Waals surface area contributed by atoms with E-state index in [2.05, 4.69) is 19.9 Å². The number of amides is 1. The zero-order valence-corrected chi connectivity index (χ0v) is 17.2. The number of H-pyrrole nitrogens is 1. The summed E-state index contributed by atoms with van der Waals surface area (Å²) in [5.41, 5.74) is 7.49. The van der Waals surface area contributed by atoms with Gasteiger partial charge in [-0.1, -0.05) is 6.42 Å². The maximum Gasteiger partial charge on any atom is 0.267 e. The molecule has 2 aromatic heterocycles. The van der Waals surface area contributed by atoms with Crippen LogP contribution in [0.4, 0.5) is 0 Å². The van der Waals surface area contributed by atoms with Gasteiger partial charge in [-0.2, -0.15) is 0 Å². The van der Waals surface area contributed by atoms with Crippen molar-refractivity contribution in [3.05, 3.63) is 47.3 Å². The lowest BCUT2D eigenvalue weighted by atomic mass is 9.62. The average Bonchev–Trinajstić information content (AvgIpc) is 3.06. The number of hydrogen-bond acceptors (Lipinski definition) is 5. The predicted octanol–water partition coefficient (Wildman–Crippen LogP) is 2.41. The Morgan fingerprint density at radius 2 is 2.07 bits per heavy atom. The van der Waals surface area contributed by atoms with Crippen LogP contribution in [-0.4, -0.2) is 46.0 Å². The average molecular weight is 406 g/mol. The Bertz CT molecular complexity index is 826. The van der Waals surface area contributed by atoms with Crippen LogP contribution >= 0.6 is 12.4 Å². The van der Waals surface area contributed by atoms with Gasteiger partial charge >= 0.3 is 0 Å². The highest BCUT2D eigenvalue weighted by Gasteiger charge is 2.53. The first-order valence-corrected chi connectivity index (χ1v) is 9.57. The van der Waals surface area contributed by atoms with Crippen LogP contribution in [0.5, 0.6) is 0 Å². The molecule has 1 aliphatic carbocycles. The summed E-state index contributed by atoms with van der Waals surface area (Å²) in [4.78, 5) is 26.0. The maximum absolute atomic E-state index is 11.6. The molecule has 152 valence electrons. The van der Waals surface area contributed by atoms with Crippen molar-refractivity contribution in [3.8, 4) is 0 Å². The van der Waals surface area contributed by atoms with Gasteiger partial charge in [0, 0.05) is 50.1 Å². The smallest absolute Gasteiger partial charge is 0.267 e. The third-order valence-electron chi connectivity index (χ3n) is 6.21. The van der Waals surface area contributed by atoms with Crippen molar-refractivity contribution in [2.24, 2.45) is 17.6 Å². The van der Waals surface area contributed by atoms with Crippen molar-refractivity contribution in [2.75, 3.05) is 20.2 Å². The minimum Gasteiger partial charge on any atom is -0.373 e. The zero-order chi connectivity index (χ0) is 19.0. The summed E-state index contributed by atoms with van der Waals surface area (Å²) < 4.78 is 6.24. The van der Waals surface area contributed by atoms with E-state index in [1.807, 2.05) is 25.3 Å². The van der Waals surface area contributed by atoms with E-state index in [-0.39, 0.29) is 18.0 Å². The zero-order valence-electron chi connectivity index (χ0n) is 16.4. The molecule has 3 N–H and O–H groups in total. The lowest BCUT2D eigenvalue weighted by molar-refractivity contribution is -0.170. The number of nitrogens with zero attached hydrogens (tertiary/aromatic N) is 3. The first-order valence-electron chi connectivity index (χ1n) is 9.57. The van der Waals surface area contributed by atoms with Crippen molar-refractivity contribution in [1.82, 2.24) is 19.9 Å². The van der Waals surface area contributed by atoms with Crippen molar-refractivity contribution in [2.45, 2.75) is 38.3 Å². The second-order valence-electron chi connectivity index (χ2n) is 7.82. The number of hydrogen-bond donors (Lipinski definition) is 2. The van der Waals surface area contributed by atoms with Crippen LogP contribution in [0.15, 0.2) is 24.5 Å². The first kappa shape index (κ1) is 20.8. The van der Waals surface area contributed by atoms with E-state index >= 15 is 0 Å². The van der Waals surface area contributed by atoms with E-state index in [0.717, 1.165) is 49.6 Å². The third kappa shape index (κ3) is 3.54. The van der Waals surface area contributed by atoms with Crippen LogP contribution in [0.2, 0.25) is 0 Å². The van der Waals surface area contributed by atoms with Crippen molar-refractivity contribution in [3.63, 3.8) is 0 Å². The molecule has 1 unspecified atom stereocenters. The quantitative estimate of drug-likeness (QED) is 0.796. The molecule has 2 aliphatic rings. The lowest BCUT2D eigenvalue weighted by Crippen LogP contribution is -2.58. The number of pyridine rings is 1. The second-order valence-corrected chi connectivity index (χ2v) is 7.82. The number of rotatable bonds is 5. The molecule has 0 spiro atoms. The Morgan fingerprint density at radius 1 is 1.36 bits per heavy atom. The van der Waals surface area contributed by atoms with Crippen molar-refractivity contribution >= 4 is 18.3 Å². The number of carbonyl (C=O) groups is 1. The van der Waals surface area contributed by atoms with E-state index in [0.29, 0.717) is 17.5 Å². The molecular weight excluding hydrogens is 378 g/mol. The molecule has 0 aromatic carbocycles. The Hall–Kier alpha value is -1.96. The highest BCUT2D eigenvalue weighted by Crippen LogP contribution is 2.51. The van der Waals surface area contributed by atoms with E-state index in [1.54, 1.807) is 13.3 Å². The largest absolute Gasteiger partial charge is 0.373 e. The van der Waals surface area contributed by atoms with Gasteiger partial charge < -0.3 is 15.5 Å². The molecule has 8 heteroatoms. The van der Waals surface area contributed by atoms with Crippen LogP contribution in [0.3, 0.4) is 0 Å². The Kier molecular flexibility index (Phi) is 6.07. The second kappa shape index (κ2) is 8.19. The summed E-state index contributed by atoms with van der Waals surface area (Å²) in [6.45, 7) is 4.73. The van der Waals surface area contributed by atoms with Crippen molar-refractivity contribution in [1.29, 1.82) is 0 Å². The van der Waals surface area contributed by atoms with Gasteiger partial charge in [0.25, 0.3) is 5.91 Å². The summed E-state index contributed by atoms with van der Waals surface area (Å²) in [6, 6.07) is 3.80. The molecule has 7 nitrogen and oxygen atoms in total. The fourth-order valence-electron chi connectivity index (χ4n) is 5.14. The molecule has 4 rings (SSSR count). The molecule has 1 saturated heterocycles. The van der Waals surface area contributed by atoms with Crippen LogP contribution in [0.25, 0.3) is 0 Å². The normalized spacial score (nSPS) is 27.2. The number of aromatic nitrogens is 3. The number of primary amides is 1. The number of halogens is 1. The number of ether oxygens (including phenoxy) is 1. The van der Waals surface area contributed by atoms with Gasteiger partial charge in [-0.3, -0.25) is 14.7 Å². The SMILES string of the molecule is COC1(c2ccnc(C(N)=O)c2)[C@@H]2CCC[C@H]1CN(Cc1ncc(C)[nH]1)C2.Cl. The maximum atomic E-state index is 11.6. The summed E-state index contributed by atoms with van der Waals surface area (Å²) >= 11 is 0. The van der Waals surface area contributed by atoms with Gasteiger partial charge in [0.1, 0.15) is 17.1 Å². The van der Waals surface area contributed by atoms with Gasteiger partial charge in [-0.15, -0.1) is 12.4 Å². The number of carbonyl (C=O) groups excluding carboxylic acids is 1. The Balaban J connectivity index is 0.00000225. The van der Waals surface area contributed by atoms with Crippen LogP contribution in [-0.2, 0) is 16.9 Å². The standard InChI is InChI=1S/C20H27N5O2.ClH/c1-13-9-23-18(24-13)12-25-10-15-4-3-5-16(11-25)20(15,27-2)14-6-7-22-17(8-14)19(21)26;/h6-9,15-16H,3-5,10-12H2,1-2H3,(H2,21,26)(H,23,24);1H/t15-,16+,20?;. The minimum atomic E-state index is -0.501. The van der Waals surface area contributed by atoms with E-state index in [1.165, 1.54) is 6.42 Å². The Morgan fingerprint density at radius 3 is 2.64 bits per heavy atom. The molecule has 3 atom stereocenters. The fraction of sp³-hybridized carbons (Fsp3) is 0.550. The molecular formula is C20H28ClN5O2. The molecule has 0 radical (unpaired) electrons. The number of aryl methyl sites for hydroxylation is 1. The number of imidazole rings is 1. The van der Waals surface area contributed by atoms with Crippen LogP contribution < -0.4 is 5.73 Å². The number of likely N-dealkylation sites (tertiary alicyclic amines) is 1. The topological polar surface area (TPSA) is 97.1 Å². The van der Waals surface area contributed by atoms with Crippen LogP contribution in [0.1, 0.15) is 46.8 Å². The summed E-state index contributed by atoms with van der Waals surface area (Å²) in [5, 5.41) is 0. The summed E-state index contributed by atoms with van der Waals surface area (Å²) in [6.07, 6.45) is 6.96. The molecule has 3 heterocycles. The summed E-state index contributed by atoms with van der Waals surface area (Å²) in [7, 11) is 1.79. The van der Waals surface area contributed by atoms with E-state index in [4.69, 9.17) is 10.5 Å². The van der Waals surface area contributed by atoms with Gasteiger partial charge in [-0.05, 0) is 37.5 Å². The van der Waals surface area contributed by atoms with Crippen LogP contribution in [0, 0.1) is 18.8 Å².